The second-order valence-electron chi connectivity index (χ2n) is 11.0. The summed E-state index contributed by atoms with van der Waals surface area (Å²) in [6, 6.07) is 11.8. The van der Waals surface area contributed by atoms with Gasteiger partial charge in [-0.1, -0.05) is 46.8 Å². The molecule has 0 radical (unpaired) electrons. The Bertz CT molecular complexity index is 1180. The molecule has 0 amide bonds. The molecule has 1 saturated carbocycles. The Hall–Kier alpha value is -2.89. The van der Waals surface area contributed by atoms with Gasteiger partial charge in [0.25, 0.3) is 0 Å². The number of carbonyl (C=O) groups excluding carboxylic acids is 1. The van der Waals surface area contributed by atoms with Gasteiger partial charge in [0.2, 0.25) is 5.95 Å². The van der Waals surface area contributed by atoms with Crippen molar-refractivity contribution < 1.29 is 13.9 Å². The SMILES string of the molecule is COC(=O)Cc1cc2nc(Nc3ccc(C(C)C)cc3)n(C3CC(C)CC(C)(C)C3)c2cc1F. The van der Waals surface area contributed by atoms with Gasteiger partial charge in [0.1, 0.15) is 5.82 Å². The lowest BCUT2D eigenvalue weighted by Gasteiger charge is -2.40. The molecule has 6 heteroatoms. The summed E-state index contributed by atoms with van der Waals surface area (Å²) in [6.45, 7) is 11.3. The summed E-state index contributed by atoms with van der Waals surface area (Å²) in [5.74, 6) is 0.851. The van der Waals surface area contributed by atoms with Crippen molar-refractivity contribution in [2.45, 2.75) is 72.3 Å². The van der Waals surface area contributed by atoms with Crippen LogP contribution >= 0.6 is 0 Å². The van der Waals surface area contributed by atoms with Crippen LogP contribution in [0.3, 0.4) is 0 Å². The number of carbonyl (C=O) groups is 1. The van der Waals surface area contributed by atoms with Gasteiger partial charge in [-0.05, 0) is 60.3 Å². The number of esters is 1. The largest absolute Gasteiger partial charge is 0.469 e. The van der Waals surface area contributed by atoms with Crippen LogP contribution in [0, 0.1) is 17.2 Å². The third-order valence-electron chi connectivity index (χ3n) is 6.98. The summed E-state index contributed by atoms with van der Waals surface area (Å²) in [6.07, 6.45) is 3.07. The molecule has 5 nitrogen and oxygen atoms in total. The number of nitrogens with zero attached hydrogens (tertiary/aromatic N) is 2. The standard InChI is InChI=1S/C28H36FN3O2/c1-17(2)19-7-9-21(10-8-19)30-27-31-24-12-20(13-26(33)34-6)23(29)14-25(24)32(27)22-11-18(3)15-28(4,5)16-22/h7-10,12,14,17-18,22H,11,13,15-16H2,1-6H3,(H,30,31). The molecular weight excluding hydrogens is 429 g/mol. The topological polar surface area (TPSA) is 56.1 Å². The molecule has 2 unspecified atom stereocenters. The average Bonchev–Trinajstić information content (AvgIpc) is 3.09. The second kappa shape index (κ2) is 9.40. The zero-order valence-electron chi connectivity index (χ0n) is 21.1. The Labute approximate surface area is 201 Å². The third kappa shape index (κ3) is 5.11. The highest BCUT2D eigenvalue weighted by atomic mass is 19.1. The number of imidazole rings is 1. The van der Waals surface area contributed by atoms with E-state index in [-0.39, 0.29) is 17.9 Å². The first-order valence-corrected chi connectivity index (χ1v) is 12.2. The molecule has 1 aliphatic carbocycles. The van der Waals surface area contributed by atoms with Gasteiger partial charge in [-0.2, -0.15) is 0 Å². The number of rotatable bonds is 6. The normalized spacial score (nSPS) is 20.0. The molecule has 4 rings (SSSR count). The summed E-state index contributed by atoms with van der Waals surface area (Å²) in [4.78, 5) is 16.7. The molecule has 1 heterocycles. The number of methoxy groups -OCH3 is 1. The van der Waals surface area contributed by atoms with Crippen LogP contribution in [-0.2, 0) is 16.0 Å². The van der Waals surface area contributed by atoms with Crippen molar-refractivity contribution in [3.05, 3.63) is 53.3 Å². The number of benzene rings is 2. The summed E-state index contributed by atoms with van der Waals surface area (Å²) >= 11 is 0. The first kappa shape index (κ1) is 24.2. The van der Waals surface area contributed by atoms with Gasteiger partial charge in [0.15, 0.2) is 0 Å². The number of fused-ring (bicyclic) bond motifs is 1. The Balaban J connectivity index is 1.80. The minimum absolute atomic E-state index is 0.113. The van der Waals surface area contributed by atoms with E-state index in [0.29, 0.717) is 28.9 Å². The van der Waals surface area contributed by atoms with Crippen molar-refractivity contribution in [2.24, 2.45) is 11.3 Å². The van der Waals surface area contributed by atoms with Crippen molar-refractivity contribution in [3.63, 3.8) is 0 Å². The minimum Gasteiger partial charge on any atom is -0.469 e. The lowest BCUT2D eigenvalue weighted by atomic mass is 9.70. The van der Waals surface area contributed by atoms with Crippen LogP contribution in [0.4, 0.5) is 16.0 Å². The molecule has 34 heavy (non-hydrogen) atoms. The van der Waals surface area contributed by atoms with E-state index < -0.39 is 11.8 Å². The van der Waals surface area contributed by atoms with Crippen LogP contribution in [0.25, 0.3) is 11.0 Å². The van der Waals surface area contributed by atoms with Gasteiger partial charge in [-0.15, -0.1) is 0 Å². The van der Waals surface area contributed by atoms with Gasteiger partial charge in [0, 0.05) is 23.4 Å². The Kier molecular flexibility index (Phi) is 6.70. The highest BCUT2D eigenvalue weighted by Crippen LogP contribution is 2.46. The summed E-state index contributed by atoms with van der Waals surface area (Å²) < 4.78 is 22.0. The van der Waals surface area contributed by atoms with Crippen molar-refractivity contribution in [1.29, 1.82) is 0 Å². The zero-order valence-corrected chi connectivity index (χ0v) is 21.1. The minimum atomic E-state index is -0.468. The van der Waals surface area contributed by atoms with Crippen LogP contribution in [0.5, 0.6) is 0 Å². The lowest BCUT2D eigenvalue weighted by Crippen LogP contribution is -2.29. The van der Waals surface area contributed by atoms with Gasteiger partial charge in [0.05, 0.1) is 24.6 Å². The van der Waals surface area contributed by atoms with Crippen LogP contribution in [0.15, 0.2) is 36.4 Å². The van der Waals surface area contributed by atoms with E-state index in [1.54, 1.807) is 6.07 Å². The summed E-state index contributed by atoms with van der Waals surface area (Å²) in [7, 11) is 1.31. The smallest absolute Gasteiger partial charge is 0.310 e. The molecule has 3 aromatic rings. The number of ether oxygens (including phenoxy) is 1. The fourth-order valence-corrected chi connectivity index (χ4v) is 5.55. The summed E-state index contributed by atoms with van der Waals surface area (Å²) in [5.41, 5.74) is 4.14. The monoisotopic (exact) mass is 465 g/mol. The maximum atomic E-state index is 15.1. The molecular formula is C28H36FN3O2. The van der Waals surface area contributed by atoms with Crippen molar-refractivity contribution in [1.82, 2.24) is 9.55 Å². The second-order valence-corrected chi connectivity index (χ2v) is 11.0. The van der Waals surface area contributed by atoms with E-state index in [0.717, 1.165) is 24.0 Å². The molecule has 182 valence electrons. The number of hydrogen-bond acceptors (Lipinski definition) is 4. The molecule has 0 saturated heterocycles. The zero-order chi connectivity index (χ0) is 24.6. The average molecular weight is 466 g/mol. The van der Waals surface area contributed by atoms with E-state index in [9.17, 15) is 4.79 Å². The molecule has 0 aliphatic heterocycles. The lowest BCUT2D eigenvalue weighted by molar-refractivity contribution is -0.139. The van der Waals surface area contributed by atoms with Gasteiger partial charge in [-0.3, -0.25) is 4.79 Å². The predicted molar refractivity (Wildman–Crippen MR) is 135 cm³/mol. The quantitative estimate of drug-likeness (QED) is 0.393. The molecule has 1 aliphatic rings. The molecule has 2 atom stereocenters. The first-order valence-electron chi connectivity index (χ1n) is 12.2. The highest BCUT2D eigenvalue weighted by Gasteiger charge is 2.35. The van der Waals surface area contributed by atoms with Crippen molar-refractivity contribution in [3.8, 4) is 0 Å². The Morgan fingerprint density at radius 2 is 1.94 bits per heavy atom. The first-order chi connectivity index (χ1) is 16.1. The van der Waals surface area contributed by atoms with E-state index in [2.05, 4.69) is 68.8 Å². The Morgan fingerprint density at radius 3 is 2.56 bits per heavy atom. The molecule has 1 fully saturated rings. The van der Waals surface area contributed by atoms with Gasteiger partial charge < -0.3 is 14.6 Å². The molecule has 0 spiro atoms. The van der Waals surface area contributed by atoms with E-state index in [4.69, 9.17) is 9.72 Å². The van der Waals surface area contributed by atoms with Crippen LogP contribution in [0.2, 0.25) is 0 Å². The van der Waals surface area contributed by atoms with Gasteiger partial charge in [-0.25, -0.2) is 9.37 Å². The molecule has 1 aromatic heterocycles. The van der Waals surface area contributed by atoms with Crippen LogP contribution < -0.4 is 5.32 Å². The Morgan fingerprint density at radius 1 is 1.24 bits per heavy atom. The molecule has 2 aromatic carbocycles. The number of hydrogen-bond donors (Lipinski definition) is 1. The van der Waals surface area contributed by atoms with Crippen molar-refractivity contribution in [2.75, 3.05) is 12.4 Å². The fraction of sp³-hybridized carbons (Fsp3) is 0.500. The molecule has 0 bridgehead atoms. The van der Waals surface area contributed by atoms with Crippen molar-refractivity contribution >= 4 is 28.6 Å². The van der Waals surface area contributed by atoms with E-state index in [1.807, 2.05) is 0 Å². The predicted octanol–water partition coefficient (Wildman–Crippen LogP) is 7.15. The third-order valence-corrected chi connectivity index (χ3v) is 6.98. The number of anilines is 2. The summed E-state index contributed by atoms with van der Waals surface area (Å²) in [5, 5.41) is 3.50. The maximum absolute atomic E-state index is 15.1. The fourth-order valence-electron chi connectivity index (χ4n) is 5.55. The van der Waals surface area contributed by atoms with Crippen LogP contribution in [0.1, 0.15) is 77.0 Å². The van der Waals surface area contributed by atoms with E-state index >= 15 is 4.39 Å². The number of aromatic nitrogens is 2. The number of halogens is 1. The number of nitrogens with one attached hydrogen (secondary N) is 1. The molecule has 1 N–H and O–H groups in total. The van der Waals surface area contributed by atoms with Gasteiger partial charge >= 0.3 is 5.97 Å². The van der Waals surface area contributed by atoms with Crippen LogP contribution in [-0.4, -0.2) is 22.6 Å². The maximum Gasteiger partial charge on any atom is 0.310 e. The highest BCUT2D eigenvalue weighted by molar-refractivity contribution is 5.82. The van der Waals surface area contributed by atoms with E-state index in [1.165, 1.54) is 25.2 Å².